The number of aryl methyl sites for hydroxylation is 2. The van der Waals surface area contributed by atoms with Gasteiger partial charge in [-0.3, -0.25) is 14.3 Å². The lowest BCUT2D eigenvalue weighted by molar-refractivity contribution is -0.125. The molecule has 4 heterocycles. The molecule has 0 saturated carbocycles. The van der Waals surface area contributed by atoms with Crippen LogP contribution in [0.4, 0.5) is 5.82 Å². The predicted octanol–water partition coefficient (Wildman–Crippen LogP) is 2.27. The van der Waals surface area contributed by atoms with Crippen molar-refractivity contribution in [2.45, 2.75) is 19.3 Å². The van der Waals surface area contributed by atoms with Gasteiger partial charge in [0.2, 0.25) is 11.8 Å². The molecular formula is C22H23N5O2. The van der Waals surface area contributed by atoms with E-state index in [2.05, 4.69) is 27.5 Å². The lowest BCUT2D eigenvalue weighted by Crippen LogP contribution is -2.27. The highest BCUT2D eigenvalue weighted by molar-refractivity contribution is 5.94. The normalized spacial score (nSPS) is 23.1. The van der Waals surface area contributed by atoms with Crippen LogP contribution < -0.4 is 5.32 Å². The van der Waals surface area contributed by atoms with E-state index in [0.717, 1.165) is 30.6 Å². The summed E-state index contributed by atoms with van der Waals surface area (Å²) in [6.45, 7) is 1.56. The smallest absolute Gasteiger partial charge is 0.246 e. The van der Waals surface area contributed by atoms with Gasteiger partial charge in [-0.1, -0.05) is 6.08 Å². The van der Waals surface area contributed by atoms with E-state index in [9.17, 15) is 9.59 Å². The molecule has 1 aliphatic carbocycles. The van der Waals surface area contributed by atoms with Crippen LogP contribution in [-0.2, 0) is 23.1 Å². The number of rotatable bonds is 3. The lowest BCUT2D eigenvalue weighted by Gasteiger charge is -2.16. The van der Waals surface area contributed by atoms with Crippen LogP contribution in [0, 0.1) is 11.8 Å². The van der Waals surface area contributed by atoms with Gasteiger partial charge >= 0.3 is 0 Å². The number of carbonyl (C=O) groups is 2. The summed E-state index contributed by atoms with van der Waals surface area (Å²) in [5.74, 6) is 1.59. The third-order valence-corrected chi connectivity index (χ3v) is 6.14. The highest BCUT2D eigenvalue weighted by Gasteiger charge is 2.38. The molecule has 7 heteroatoms. The summed E-state index contributed by atoms with van der Waals surface area (Å²) in [5, 5.41) is 7.03. The molecule has 5 rings (SSSR count). The van der Waals surface area contributed by atoms with Crippen molar-refractivity contribution in [3.05, 3.63) is 53.5 Å². The fourth-order valence-electron chi connectivity index (χ4n) is 4.61. The first-order chi connectivity index (χ1) is 14.1. The Balaban J connectivity index is 1.23. The first-order valence-corrected chi connectivity index (χ1v) is 10.0. The second-order valence-corrected chi connectivity index (χ2v) is 8.06. The largest absolute Gasteiger partial charge is 0.338 e. The Morgan fingerprint density at radius 3 is 3.00 bits per heavy atom. The lowest BCUT2D eigenvalue weighted by atomic mass is 9.99. The average Bonchev–Trinajstić information content (AvgIpc) is 3.40. The van der Waals surface area contributed by atoms with Gasteiger partial charge < -0.3 is 10.2 Å². The van der Waals surface area contributed by atoms with Gasteiger partial charge in [-0.05, 0) is 59.6 Å². The fraction of sp³-hybridized carbons (Fsp3) is 0.364. The minimum absolute atomic E-state index is 0.00338. The Kier molecular flexibility index (Phi) is 4.30. The molecule has 2 atom stereocenters. The number of carbonyl (C=O) groups excluding carboxylic acids is 2. The summed E-state index contributed by atoms with van der Waals surface area (Å²) in [6, 6.07) is 4.05. The maximum absolute atomic E-state index is 12.7. The van der Waals surface area contributed by atoms with Crippen molar-refractivity contribution in [1.29, 1.82) is 0 Å². The van der Waals surface area contributed by atoms with Gasteiger partial charge in [-0.25, -0.2) is 4.98 Å². The second-order valence-electron chi connectivity index (χ2n) is 8.06. The predicted molar refractivity (Wildman–Crippen MR) is 110 cm³/mol. The summed E-state index contributed by atoms with van der Waals surface area (Å²) in [4.78, 5) is 30.4. The molecule has 2 aromatic heterocycles. The minimum Gasteiger partial charge on any atom is -0.338 e. The Morgan fingerprint density at radius 1 is 1.31 bits per heavy atom. The standard InChI is InChI=1S/C22H23N5O2/c1-26-19(6-7-24-26)16-9-17-12-27(13-18(17)10-16)21(29)5-2-14-8-15-3-4-20(28)25-22(15)23-11-14/h2,5-9,11,17-18H,3-4,10,12-13H2,1H3,(H,23,25,28)/b5-2+/t17?,18-/m0/s1. The molecule has 1 fully saturated rings. The molecule has 29 heavy (non-hydrogen) atoms. The van der Waals surface area contributed by atoms with E-state index in [1.54, 1.807) is 12.3 Å². The number of likely N-dealkylation sites (tertiary alicyclic amines) is 1. The van der Waals surface area contributed by atoms with Crippen molar-refractivity contribution in [3.63, 3.8) is 0 Å². The van der Waals surface area contributed by atoms with Crippen LogP contribution in [0.5, 0.6) is 0 Å². The van der Waals surface area contributed by atoms with E-state index in [-0.39, 0.29) is 11.8 Å². The third kappa shape index (κ3) is 3.37. The molecule has 2 aromatic rings. The zero-order valence-corrected chi connectivity index (χ0v) is 16.3. The highest BCUT2D eigenvalue weighted by Crippen LogP contribution is 2.40. The number of pyridine rings is 1. The fourth-order valence-corrected chi connectivity index (χ4v) is 4.61. The minimum atomic E-state index is 0.00338. The summed E-state index contributed by atoms with van der Waals surface area (Å²) in [7, 11) is 1.97. The molecule has 1 unspecified atom stereocenters. The highest BCUT2D eigenvalue weighted by atomic mass is 16.2. The van der Waals surface area contributed by atoms with E-state index in [1.165, 1.54) is 11.3 Å². The van der Waals surface area contributed by atoms with Crippen LogP contribution in [0.1, 0.15) is 29.7 Å². The Labute approximate surface area is 169 Å². The van der Waals surface area contributed by atoms with Crippen LogP contribution in [-0.4, -0.2) is 44.6 Å². The van der Waals surface area contributed by atoms with Crippen molar-refractivity contribution in [2.24, 2.45) is 18.9 Å². The van der Waals surface area contributed by atoms with E-state index in [0.29, 0.717) is 30.5 Å². The number of hydrogen-bond acceptors (Lipinski definition) is 4. The van der Waals surface area contributed by atoms with Gasteiger partial charge in [0, 0.05) is 45.0 Å². The van der Waals surface area contributed by atoms with Crippen LogP contribution in [0.25, 0.3) is 11.6 Å². The Hall–Kier alpha value is -3.22. The zero-order chi connectivity index (χ0) is 20.0. The molecule has 3 aliphatic rings. The van der Waals surface area contributed by atoms with Gasteiger partial charge in [-0.15, -0.1) is 0 Å². The number of nitrogens with one attached hydrogen (secondary N) is 1. The molecule has 2 amide bonds. The first-order valence-electron chi connectivity index (χ1n) is 10.0. The molecule has 0 radical (unpaired) electrons. The van der Waals surface area contributed by atoms with Crippen molar-refractivity contribution >= 4 is 29.3 Å². The van der Waals surface area contributed by atoms with Crippen LogP contribution >= 0.6 is 0 Å². The number of anilines is 1. The average molecular weight is 389 g/mol. The number of amides is 2. The number of nitrogens with zero attached hydrogens (tertiary/aromatic N) is 4. The van der Waals surface area contributed by atoms with E-state index < -0.39 is 0 Å². The Morgan fingerprint density at radius 2 is 2.21 bits per heavy atom. The van der Waals surface area contributed by atoms with E-state index in [1.807, 2.05) is 35.0 Å². The van der Waals surface area contributed by atoms with Gasteiger partial charge in [0.15, 0.2) is 0 Å². The van der Waals surface area contributed by atoms with Crippen LogP contribution in [0.2, 0.25) is 0 Å². The topological polar surface area (TPSA) is 80.1 Å². The van der Waals surface area contributed by atoms with E-state index in [4.69, 9.17) is 0 Å². The Bertz CT molecular complexity index is 1050. The van der Waals surface area contributed by atoms with E-state index >= 15 is 0 Å². The van der Waals surface area contributed by atoms with Crippen molar-refractivity contribution in [3.8, 4) is 0 Å². The molecular weight excluding hydrogens is 366 g/mol. The van der Waals surface area contributed by atoms with Gasteiger partial charge in [-0.2, -0.15) is 5.10 Å². The van der Waals surface area contributed by atoms with Crippen molar-refractivity contribution in [1.82, 2.24) is 19.7 Å². The number of hydrogen-bond donors (Lipinski definition) is 1. The molecule has 2 aliphatic heterocycles. The summed E-state index contributed by atoms with van der Waals surface area (Å²) in [6.07, 6.45) is 11.5. The van der Waals surface area contributed by atoms with Gasteiger partial charge in [0.25, 0.3) is 0 Å². The summed E-state index contributed by atoms with van der Waals surface area (Å²) < 4.78 is 1.91. The zero-order valence-electron chi connectivity index (χ0n) is 16.3. The molecule has 148 valence electrons. The third-order valence-electron chi connectivity index (χ3n) is 6.14. The van der Waals surface area contributed by atoms with Gasteiger partial charge in [0.05, 0.1) is 5.69 Å². The molecule has 0 aromatic carbocycles. The summed E-state index contributed by atoms with van der Waals surface area (Å²) >= 11 is 0. The maximum Gasteiger partial charge on any atom is 0.246 e. The monoisotopic (exact) mass is 389 g/mol. The number of allylic oxidation sites excluding steroid dienone is 1. The molecule has 7 nitrogen and oxygen atoms in total. The quantitative estimate of drug-likeness (QED) is 0.817. The number of fused-ring (bicyclic) bond motifs is 2. The second kappa shape index (κ2) is 6.99. The van der Waals surface area contributed by atoms with Crippen LogP contribution in [0.15, 0.2) is 36.7 Å². The molecule has 0 spiro atoms. The van der Waals surface area contributed by atoms with Crippen molar-refractivity contribution < 1.29 is 9.59 Å². The van der Waals surface area contributed by atoms with Crippen molar-refractivity contribution in [2.75, 3.05) is 18.4 Å². The van der Waals surface area contributed by atoms with Gasteiger partial charge in [0.1, 0.15) is 5.82 Å². The number of aromatic nitrogens is 3. The summed E-state index contributed by atoms with van der Waals surface area (Å²) in [5.41, 5.74) is 4.41. The molecule has 1 saturated heterocycles. The maximum atomic E-state index is 12.7. The van der Waals surface area contributed by atoms with Crippen LogP contribution in [0.3, 0.4) is 0 Å². The molecule has 1 N–H and O–H groups in total. The molecule has 0 bridgehead atoms. The SMILES string of the molecule is Cn1nccc1C1=CC2CN(C(=O)/C=C/c3cnc4c(c3)CCC(=O)N4)C[C@@H]2C1. The first kappa shape index (κ1) is 17.8.